The summed E-state index contributed by atoms with van der Waals surface area (Å²) in [6.45, 7) is 5.30. The van der Waals surface area contributed by atoms with Gasteiger partial charge in [-0.25, -0.2) is 4.79 Å². The van der Waals surface area contributed by atoms with Gasteiger partial charge in [0.15, 0.2) is 6.61 Å². The molecule has 3 aromatic rings. The number of benzene rings is 3. The molecular weight excluding hydrogens is 516 g/mol. The van der Waals surface area contributed by atoms with E-state index in [0.29, 0.717) is 18.5 Å². The van der Waals surface area contributed by atoms with Crippen molar-refractivity contribution in [1.82, 2.24) is 4.90 Å². The third-order valence-corrected chi connectivity index (χ3v) is 8.91. The minimum atomic E-state index is -1.07. The second-order valence-corrected chi connectivity index (χ2v) is 11.4. The third kappa shape index (κ3) is 4.44. The molecule has 1 heterocycles. The van der Waals surface area contributed by atoms with E-state index in [9.17, 15) is 19.2 Å². The summed E-state index contributed by atoms with van der Waals surface area (Å²) in [6, 6.07) is 20.7. The molecule has 1 saturated heterocycles. The molecule has 3 aromatic carbocycles. The zero-order valence-electron chi connectivity index (χ0n) is 23.6. The van der Waals surface area contributed by atoms with E-state index in [4.69, 9.17) is 4.74 Å². The predicted molar refractivity (Wildman–Crippen MR) is 154 cm³/mol. The molecule has 7 nitrogen and oxygen atoms in total. The summed E-state index contributed by atoms with van der Waals surface area (Å²) in [4.78, 5) is 55.6. The van der Waals surface area contributed by atoms with Crippen LogP contribution in [0.3, 0.4) is 0 Å². The molecule has 3 amide bonds. The predicted octanol–water partition coefficient (Wildman–Crippen LogP) is 5.24. The van der Waals surface area contributed by atoms with Gasteiger partial charge >= 0.3 is 5.97 Å². The summed E-state index contributed by atoms with van der Waals surface area (Å²) >= 11 is 0. The number of likely N-dealkylation sites (tertiary alicyclic amines) is 1. The molecule has 0 unspecified atom stereocenters. The number of imide groups is 1. The summed E-state index contributed by atoms with van der Waals surface area (Å²) in [5.41, 5.74) is 6.86. The average Bonchev–Trinajstić information content (AvgIpc) is 3.24. The molecule has 0 radical (unpaired) electrons. The summed E-state index contributed by atoms with van der Waals surface area (Å²) in [7, 11) is 0. The molecule has 41 heavy (non-hydrogen) atoms. The van der Waals surface area contributed by atoms with Crippen LogP contribution in [0, 0.1) is 25.7 Å². The van der Waals surface area contributed by atoms with Gasteiger partial charge in [0.2, 0.25) is 11.8 Å². The molecule has 1 fully saturated rings. The van der Waals surface area contributed by atoms with Crippen LogP contribution in [0.1, 0.15) is 71.4 Å². The van der Waals surface area contributed by atoms with Gasteiger partial charge in [0, 0.05) is 17.5 Å². The van der Waals surface area contributed by atoms with E-state index in [0.717, 1.165) is 39.8 Å². The Kier molecular flexibility index (Phi) is 6.98. The molecule has 7 heteroatoms. The monoisotopic (exact) mass is 550 g/mol. The highest BCUT2D eigenvalue weighted by Gasteiger charge is 2.63. The Labute approximate surface area is 239 Å². The number of rotatable bonds is 8. The van der Waals surface area contributed by atoms with E-state index < -0.39 is 36.4 Å². The average molecular weight is 551 g/mol. The zero-order chi connectivity index (χ0) is 28.8. The van der Waals surface area contributed by atoms with Crippen LogP contribution in [0.5, 0.6) is 0 Å². The first-order valence-electron chi connectivity index (χ1n) is 14.4. The van der Waals surface area contributed by atoms with Gasteiger partial charge in [-0.3, -0.25) is 19.3 Å². The Morgan fingerprint density at radius 3 is 1.90 bits per heavy atom. The van der Waals surface area contributed by atoms with Gasteiger partial charge in [0.25, 0.3) is 5.91 Å². The molecule has 210 valence electrons. The van der Waals surface area contributed by atoms with Crippen molar-refractivity contribution in [2.45, 2.75) is 57.9 Å². The van der Waals surface area contributed by atoms with Crippen LogP contribution in [-0.4, -0.2) is 41.2 Å². The fourth-order valence-electron chi connectivity index (χ4n) is 7.05. The number of ether oxygens (including phenoxy) is 1. The van der Waals surface area contributed by atoms with Gasteiger partial charge in [-0.05, 0) is 59.7 Å². The highest BCUT2D eigenvalue weighted by molar-refractivity contribution is 6.10. The number of aryl methyl sites for hydroxylation is 2. The fraction of sp³-hybridized carbons (Fsp3) is 0.353. The lowest BCUT2D eigenvalue weighted by atomic mass is 9.55. The minimum Gasteiger partial charge on any atom is -0.454 e. The smallest absolute Gasteiger partial charge is 0.329 e. The second-order valence-electron chi connectivity index (χ2n) is 11.4. The molecule has 0 spiro atoms. The number of esters is 1. The van der Waals surface area contributed by atoms with E-state index in [1.165, 1.54) is 4.90 Å². The van der Waals surface area contributed by atoms with E-state index in [1.807, 2.05) is 63.2 Å². The fourth-order valence-corrected chi connectivity index (χ4v) is 7.05. The van der Waals surface area contributed by atoms with Gasteiger partial charge in [-0.1, -0.05) is 80.4 Å². The lowest BCUT2D eigenvalue weighted by molar-refractivity contribution is -0.160. The highest BCUT2D eigenvalue weighted by atomic mass is 16.5. The first kappa shape index (κ1) is 26.9. The van der Waals surface area contributed by atoms with Crippen LogP contribution in [0.25, 0.3) is 0 Å². The Bertz CT molecular complexity index is 1450. The number of carbonyl (C=O) groups is 4. The van der Waals surface area contributed by atoms with Crippen molar-refractivity contribution in [3.8, 4) is 0 Å². The first-order chi connectivity index (χ1) is 19.8. The largest absolute Gasteiger partial charge is 0.454 e. The van der Waals surface area contributed by atoms with Crippen LogP contribution < -0.4 is 5.32 Å². The number of nitrogens with one attached hydrogen (secondary N) is 1. The molecule has 0 saturated carbocycles. The number of hydrogen-bond donors (Lipinski definition) is 1. The number of nitrogens with zero attached hydrogens (tertiary/aromatic N) is 1. The molecule has 7 rings (SSSR count). The van der Waals surface area contributed by atoms with Gasteiger partial charge in [-0.15, -0.1) is 0 Å². The number of hydrogen-bond acceptors (Lipinski definition) is 5. The van der Waals surface area contributed by atoms with Crippen molar-refractivity contribution in [2.75, 3.05) is 11.9 Å². The van der Waals surface area contributed by atoms with Crippen molar-refractivity contribution >= 4 is 29.4 Å². The second kappa shape index (κ2) is 10.6. The van der Waals surface area contributed by atoms with Crippen LogP contribution in [-0.2, 0) is 23.9 Å². The standard InChI is InChI=1S/C34H34N2O5/c1-4-5-14-26(34(40)41-18-27(37)35-25-17-19(2)15-16-20(25)3)36-32(38)30-28-21-10-6-7-11-22(21)29(31(30)33(36)39)24-13-9-8-12-23(24)28/h6-13,15-17,26,28-31H,4-5,14,18H2,1-3H3,(H,35,37)/t26-,28?,29?,30-,31-/m1/s1. The van der Waals surface area contributed by atoms with E-state index in [2.05, 4.69) is 29.6 Å². The van der Waals surface area contributed by atoms with Crippen LogP contribution in [0.2, 0.25) is 0 Å². The van der Waals surface area contributed by atoms with Gasteiger partial charge < -0.3 is 10.1 Å². The van der Waals surface area contributed by atoms with Crippen LogP contribution >= 0.6 is 0 Å². The van der Waals surface area contributed by atoms with Crippen LogP contribution in [0.4, 0.5) is 5.69 Å². The third-order valence-electron chi connectivity index (χ3n) is 8.91. The summed E-state index contributed by atoms with van der Waals surface area (Å²) in [5.74, 6) is -3.47. The quantitative estimate of drug-likeness (QED) is 0.306. The Hall–Kier alpha value is -4.26. The van der Waals surface area contributed by atoms with Crippen molar-refractivity contribution in [1.29, 1.82) is 0 Å². The van der Waals surface area contributed by atoms with Gasteiger partial charge in [0.1, 0.15) is 6.04 Å². The van der Waals surface area contributed by atoms with Crippen molar-refractivity contribution in [2.24, 2.45) is 11.8 Å². The lowest BCUT2D eigenvalue weighted by Gasteiger charge is -2.45. The van der Waals surface area contributed by atoms with Gasteiger partial charge in [-0.2, -0.15) is 0 Å². The van der Waals surface area contributed by atoms with E-state index in [1.54, 1.807) is 0 Å². The molecule has 3 atom stereocenters. The minimum absolute atomic E-state index is 0.245. The zero-order valence-corrected chi connectivity index (χ0v) is 23.6. The molecule has 3 aliphatic carbocycles. The lowest BCUT2D eigenvalue weighted by Crippen LogP contribution is -2.47. The van der Waals surface area contributed by atoms with Crippen LogP contribution in [0.15, 0.2) is 66.7 Å². The normalized spacial score (nSPS) is 22.6. The topological polar surface area (TPSA) is 92.8 Å². The van der Waals surface area contributed by atoms with Crippen molar-refractivity contribution < 1.29 is 23.9 Å². The highest BCUT2D eigenvalue weighted by Crippen LogP contribution is 2.61. The summed E-state index contributed by atoms with van der Waals surface area (Å²) in [6.07, 6.45) is 1.70. The van der Waals surface area contributed by atoms with Crippen molar-refractivity contribution in [3.05, 3.63) is 100 Å². The molecule has 1 N–H and O–H groups in total. The molecular formula is C34H34N2O5. The summed E-state index contributed by atoms with van der Waals surface area (Å²) in [5, 5.41) is 2.79. The maximum absolute atomic E-state index is 14.1. The maximum atomic E-state index is 14.1. The Morgan fingerprint density at radius 2 is 1.39 bits per heavy atom. The SMILES string of the molecule is CCCC[C@H](C(=O)OCC(=O)Nc1cc(C)ccc1C)N1C(=O)[C@@H]2C3c4ccccc4C(c4ccccc43)[C@H]2C1=O. The van der Waals surface area contributed by atoms with Crippen molar-refractivity contribution in [3.63, 3.8) is 0 Å². The number of carbonyl (C=O) groups excluding carboxylic acids is 4. The maximum Gasteiger partial charge on any atom is 0.329 e. The van der Waals surface area contributed by atoms with E-state index >= 15 is 0 Å². The number of amides is 3. The molecule has 4 aliphatic rings. The Morgan fingerprint density at radius 1 is 0.854 bits per heavy atom. The van der Waals surface area contributed by atoms with E-state index in [-0.39, 0.29) is 23.7 Å². The molecule has 0 aromatic heterocycles. The summed E-state index contributed by atoms with van der Waals surface area (Å²) < 4.78 is 5.46. The molecule has 2 bridgehead atoms. The molecule has 1 aliphatic heterocycles. The van der Waals surface area contributed by atoms with Gasteiger partial charge in [0.05, 0.1) is 11.8 Å². The Balaban J connectivity index is 1.26. The first-order valence-corrected chi connectivity index (χ1v) is 14.4. The number of anilines is 1. The number of unbranched alkanes of at least 4 members (excludes halogenated alkanes) is 1.